The number of benzene rings is 2. The minimum atomic E-state index is -1.73. The van der Waals surface area contributed by atoms with E-state index < -0.39 is 60.2 Å². The van der Waals surface area contributed by atoms with E-state index in [4.69, 9.17) is 18.6 Å². The smallest absolute Gasteiger partial charge is 0.302 e. The molecule has 1 aromatic heterocycles. The molecule has 5 atom stereocenters. The fraction of sp³-hybridized carbons (Fsp3) is 0.304. The topological polar surface area (TPSA) is 196 Å². The number of aliphatic hydroxyl groups excluding tert-OH is 3. The first kappa shape index (κ1) is 24.3. The summed E-state index contributed by atoms with van der Waals surface area (Å²) in [5, 5.41) is 60.4. The highest BCUT2D eigenvalue weighted by Gasteiger charge is 2.45. The van der Waals surface area contributed by atoms with Gasteiger partial charge in [0.15, 0.2) is 5.76 Å². The van der Waals surface area contributed by atoms with Crippen molar-refractivity contribution in [3.8, 4) is 34.3 Å². The second-order valence-electron chi connectivity index (χ2n) is 7.91. The molecule has 0 saturated carbocycles. The fourth-order valence-electron chi connectivity index (χ4n) is 3.63. The molecule has 0 aliphatic carbocycles. The number of esters is 1. The van der Waals surface area contributed by atoms with Crippen molar-refractivity contribution in [2.75, 3.05) is 6.61 Å². The number of carbonyl (C=O) groups excluding carboxylic acids is 1. The first-order valence-corrected chi connectivity index (χ1v) is 10.4. The summed E-state index contributed by atoms with van der Waals surface area (Å²) >= 11 is 0. The van der Waals surface area contributed by atoms with Crippen molar-refractivity contribution in [3.05, 3.63) is 46.6 Å². The van der Waals surface area contributed by atoms with E-state index in [0.29, 0.717) is 0 Å². The maximum atomic E-state index is 12.7. The van der Waals surface area contributed by atoms with Gasteiger partial charge in [-0.3, -0.25) is 9.59 Å². The lowest BCUT2D eigenvalue weighted by Crippen LogP contribution is -2.60. The fourth-order valence-corrected chi connectivity index (χ4v) is 3.63. The van der Waals surface area contributed by atoms with Gasteiger partial charge in [0, 0.05) is 24.6 Å². The van der Waals surface area contributed by atoms with E-state index >= 15 is 0 Å². The molecule has 12 heteroatoms. The van der Waals surface area contributed by atoms with Crippen LogP contribution in [0.25, 0.3) is 22.3 Å². The zero-order valence-electron chi connectivity index (χ0n) is 18.2. The summed E-state index contributed by atoms with van der Waals surface area (Å²) in [6.07, 6.45) is -7.81. The van der Waals surface area contributed by atoms with Gasteiger partial charge in [0.2, 0.25) is 17.5 Å². The van der Waals surface area contributed by atoms with Crippen LogP contribution in [0.15, 0.2) is 45.6 Å². The minimum absolute atomic E-state index is 0.0462. The SMILES string of the molecule is CC(=O)OC[C@H]1O[C@@H](Oc2cc(O)c3c(=O)c(O)c(-c4ccc(O)cc4)oc3c2)[C@H](O)[C@@H](O)[C@@H]1O. The lowest BCUT2D eigenvalue weighted by molar-refractivity contribution is -0.278. The van der Waals surface area contributed by atoms with Crippen LogP contribution < -0.4 is 10.2 Å². The number of fused-ring (bicyclic) bond motifs is 1. The van der Waals surface area contributed by atoms with E-state index in [9.17, 15) is 40.2 Å². The van der Waals surface area contributed by atoms with Gasteiger partial charge in [-0.2, -0.15) is 0 Å². The first-order valence-electron chi connectivity index (χ1n) is 10.4. The Labute approximate surface area is 196 Å². The molecular weight excluding hydrogens is 468 g/mol. The maximum Gasteiger partial charge on any atom is 0.302 e. The Bertz CT molecular complexity index is 1300. The number of aliphatic hydroxyl groups is 3. The van der Waals surface area contributed by atoms with Gasteiger partial charge < -0.3 is 49.3 Å². The van der Waals surface area contributed by atoms with Gasteiger partial charge in [-0.1, -0.05) is 0 Å². The van der Waals surface area contributed by atoms with E-state index in [2.05, 4.69) is 0 Å². The Morgan fingerprint density at radius 2 is 1.69 bits per heavy atom. The minimum Gasteiger partial charge on any atom is -0.508 e. The highest BCUT2D eigenvalue weighted by atomic mass is 16.7. The molecule has 1 fully saturated rings. The predicted octanol–water partition coefficient (Wildman–Crippen LogP) is 0.326. The largest absolute Gasteiger partial charge is 0.508 e. The highest BCUT2D eigenvalue weighted by Crippen LogP contribution is 2.36. The van der Waals surface area contributed by atoms with E-state index in [1.807, 2.05) is 0 Å². The molecule has 6 N–H and O–H groups in total. The number of phenols is 2. The number of ether oxygens (including phenoxy) is 3. The predicted molar refractivity (Wildman–Crippen MR) is 117 cm³/mol. The van der Waals surface area contributed by atoms with Crippen LogP contribution in [0.1, 0.15) is 6.92 Å². The van der Waals surface area contributed by atoms with Crippen LogP contribution in [0.2, 0.25) is 0 Å². The molecule has 1 aliphatic heterocycles. The third kappa shape index (κ3) is 4.72. The molecule has 1 saturated heterocycles. The van der Waals surface area contributed by atoms with Gasteiger partial charge >= 0.3 is 5.97 Å². The average Bonchev–Trinajstić information content (AvgIpc) is 2.81. The number of rotatable bonds is 5. The van der Waals surface area contributed by atoms with Crippen molar-refractivity contribution in [2.45, 2.75) is 37.6 Å². The summed E-state index contributed by atoms with van der Waals surface area (Å²) in [7, 11) is 0. The van der Waals surface area contributed by atoms with Gasteiger partial charge in [-0.15, -0.1) is 0 Å². The Morgan fingerprint density at radius 1 is 1.00 bits per heavy atom. The van der Waals surface area contributed by atoms with Crippen LogP contribution in [0.5, 0.6) is 23.0 Å². The lowest BCUT2D eigenvalue weighted by atomic mass is 9.99. The van der Waals surface area contributed by atoms with Crippen molar-refractivity contribution in [2.24, 2.45) is 0 Å². The molecule has 2 heterocycles. The first-order chi connectivity index (χ1) is 16.6. The normalized spacial score (nSPS) is 24.3. The third-order valence-electron chi connectivity index (χ3n) is 5.43. The summed E-state index contributed by atoms with van der Waals surface area (Å²) < 4.78 is 21.4. The Hall–Kier alpha value is -3.84. The van der Waals surface area contributed by atoms with Crippen molar-refractivity contribution >= 4 is 16.9 Å². The molecule has 3 aromatic rings. The van der Waals surface area contributed by atoms with E-state index in [-0.39, 0.29) is 33.8 Å². The summed E-state index contributed by atoms with van der Waals surface area (Å²) in [6.45, 7) is 0.720. The number of phenolic OH excluding ortho intramolecular Hbond substituents is 2. The summed E-state index contributed by atoms with van der Waals surface area (Å²) in [4.78, 5) is 23.8. The monoisotopic (exact) mass is 490 g/mol. The molecule has 2 aromatic carbocycles. The summed E-state index contributed by atoms with van der Waals surface area (Å²) in [6, 6.07) is 7.65. The molecule has 4 rings (SSSR count). The van der Waals surface area contributed by atoms with Crippen LogP contribution in [-0.2, 0) is 14.3 Å². The van der Waals surface area contributed by atoms with Gasteiger partial charge in [-0.25, -0.2) is 0 Å². The molecule has 0 radical (unpaired) electrons. The highest BCUT2D eigenvalue weighted by molar-refractivity contribution is 5.88. The standard InChI is InChI=1S/C23H22O12/c1-9(24)32-8-15-17(27)19(29)21(31)23(35-15)33-12-6-13(26)16-14(7-12)34-22(20(30)18(16)28)10-2-4-11(25)5-3-10/h2-7,15,17,19,21,23,25-27,29-31H,8H2,1H3/t15-,17-,19+,21-,23-/m1/s1. The lowest BCUT2D eigenvalue weighted by Gasteiger charge is -2.39. The second kappa shape index (κ2) is 9.43. The Balaban J connectivity index is 1.69. The zero-order chi connectivity index (χ0) is 25.4. The van der Waals surface area contributed by atoms with Crippen LogP contribution >= 0.6 is 0 Å². The van der Waals surface area contributed by atoms with Gasteiger partial charge in [0.1, 0.15) is 59.2 Å². The molecule has 186 valence electrons. The van der Waals surface area contributed by atoms with Gasteiger partial charge in [0.25, 0.3) is 0 Å². The van der Waals surface area contributed by atoms with Gasteiger partial charge in [0.05, 0.1) is 0 Å². The van der Waals surface area contributed by atoms with Crippen molar-refractivity contribution in [1.29, 1.82) is 0 Å². The van der Waals surface area contributed by atoms with E-state index in [0.717, 1.165) is 13.0 Å². The van der Waals surface area contributed by atoms with Gasteiger partial charge in [-0.05, 0) is 24.3 Å². The van der Waals surface area contributed by atoms with Crippen molar-refractivity contribution < 1.29 is 54.1 Å². The Kier molecular flexibility index (Phi) is 6.54. The molecule has 0 bridgehead atoms. The van der Waals surface area contributed by atoms with Crippen LogP contribution in [-0.4, -0.2) is 73.9 Å². The number of hydrogen-bond acceptors (Lipinski definition) is 12. The second-order valence-corrected chi connectivity index (χ2v) is 7.91. The average molecular weight is 490 g/mol. The summed E-state index contributed by atoms with van der Waals surface area (Å²) in [5.74, 6) is -2.45. The molecule has 12 nitrogen and oxygen atoms in total. The van der Waals surface area contributed by atoms with Crippen LogP contribution in [0.4, 0.5) is 0 Å². The molecule has 0 spiro atoms. The van der Waals surface area contributed by atoms with Crippen LogP contribution in [0.3, 0.4) is 0 Å². The third-order valence-corrected chi connectivity index (χ3v) is 5.43. The van der Waals surface area contributed by atoms with Crippen molar-refractivity contribution in [3.63, 3.8) is 0 Å². The number of hydrogen-bond donors (Lipinski definition) is 6. The maximum absolute atomic E-state index is 12.7. The number of carbonyl (C=O) groups is 1. The quantitative estimate of drug-likeness (QED) is 0.268. The number of aromatic hydroxyl groups is 3. The molecule has 35 heavy (non-hydrogen) atoms. The Morgan fingerprint density at radius 3 is 2.34 bits per heavy atom. The molecular formula is C23H22O12. The van der Waals surface area contributed by atoms with Crippen molar-refractivity contribution in [1.82, 2.24) is 0 Å². The van der Waals surface area contributed by atoms with E-state index in [1.165, 1.54) is 30.3 Å². The zero-order valence-corrected chi connectivity index (χ0v) is 18.2. The molecule has 0 unspecified atom stereocenters. The molecule has 1 aliphatic rings. The van der Waals surface area contributed by atoms with E-state index in [1.54, 1.807) is 0 Å². The molecule has 0 amide bonds. The van der Waals surface area contributed by atoms with Crippen LogP contribution in [0, 0.1) is 0 Å². The summed E-state index contributed by atoms with van der Waals surface area (Å²) in [5.41, 5.74) is -0.845.